The Morgan fingerprint density at radius 1 is 0.793 bits per heavy atom. The molecule has 0 aliphatic carbocycles. The van der Waals surface area contributed by atoms with Gasteiger partial charge in [0.15, 0.2) is 0 Å². The van der Waals surface area contributed by atoms with Crippen molar-refractivity contribution in [3.8, 4) is 32.8 Å². The van der Waals surface area contributed by atoms with Gasteiger partial charge in [-0.3, -0.25) is 4.79 Å². The van der Waals surface area contributed by atoms with Gasteiger partial charge < -0.3 is 4.74 Å². The molecular weight excluding hydrogens is 394 g/mol. The lowest BCUT2D eigenvalue weighted by Gasteiger charge is -2.11. The van der Waals surface area contributed by atoms with Gasteiger partial charge in [0.05, 0.1) is 12.8 Å². The molecule has 0 spiro atoms. The zero-order valence-corrected chi connectivity index (χ0v) is 18.1. The van der Waals surface area contributed by atoms with Crippen molar-refractivity contribution in [1.82, 2.24) is 0 Å². The van der Waals surface area contributed by atoms with Crippen molar-refractivity contribution < 1.29 is 9.53 Å². The van der Waals surface area contributed by atoms with E-state index in [-0.39, 0.29) is 5.97 Å². The minimum atomic E-state index is -0.721. The predicted molar refractivity (Wildman–Crippen MR) is 125 cm³/mol. The number of rotatable bonds is 6. The highest BCUT2D eigenvalue weighted by atomic mass is 31.9. The van der Waals surface area contributed by atoms with Gasteiger partial charge in [-0.2, -0.15) is 0 Å². The largest absolute Gasteiger partial charge is 0.465 e. The van der Waals surface area contributed by atoms with Crippen molar-refractivity contribution in [3.63, 3.8) is 0 Å². The lowest BCUT2D eigenvalue weighted by atomic mass is 9.98. The molecule has 4 aromatic rings. The summed E-state index contributed by atoms with van der Waals surface area (Å²) in [6.45, 7) is 2.28. The molecule has 1 aromatic heterocycles. The van der Waals surface area contributed by atoms with Gasteiger partial charge >= 0.3 is 5.97 Å². The Balaban J connectivity index is 1.99. The van der Waals surface area contributed by atoms with E-state index in [9.17, 15) is 4.79 Å². The summed E-state index contributed by atoms with van der Waals surface area (Å²) in [5.74, 6) is -0.110. The first-order valence-corrected chi connectivity index (χ1v) is 12.8. The average molecular weight is 416 g/mol. The third kappa shape index (κ3) is 4.35. The second kappa shape index (κ2) is 9.23. The Labute approximate surface area is 174 Å². The molecule has 0 aliphatic rings. The highest BCUT2D eigenvalue weighted by Crippen LogP contribution is 2.62. The summed E-state index contributed by atoms with van der Waals surface area (Å²) in [6, 6.07) is 31.5. The molecule has 4 rings (SSSR count). The zero-order valence-electron chi connectivity index (χ0n) is 16.3. The first-order valence-electron chi connectivity index (χ1n) is 9.70. The molecule has 144 valence electrons. The van der Waals surface area contributed by atoms with Gasteiger partial charge in [0.1, 0.15) is 0 Å². The summed E-state index contributed by atoms with van der Waals surface area (Å²) in [5, 5.41) is 2.59. The second-order valence-corrected chi connectivity index (χ2v) is 10.9. The van der Waals surface area contributed by atoms with Crippen LogP contribution in [-0.2, 0) is 15.7 Å². The maximum atomic E-state index is 12.4. The van der Waals surface area contributed by atoms with Crippen LogP contribution in [-0.4, -0.2) is 12.6 Å². The first-order chi connectivity index (χ1) is 14.3. The molecule has 0 saturated carbocycles. The Morgan fingerprint density at radius 2 is 1.31 bits per heavy atom. The summed E-state index contributed by atoms with van der Waals surface area (Å²) < 4.78 is 5.31. The predicted octanol–water partition coefficient (Wildman–Crippen LogP) is 7.82. The standard InChI is InChI=1S/C25H22O2P2/c1-2-27-22(26)18-29-25(21-16-10-5-11-17-21)23(19-12-6-3-7-13-19)24(28-29)20-14-8-4-9-15-20/h3-17H,2,18H2,1H3. The summed E-state index contributed by atoms with van der Waals surface area (Å²) in [5.41, 5.74) is 4.88. The molecule has 2 nitrogen and oxygen atoms in total. The molecule has 0 saturated heterocycles. The highest BCUT2D eigenvalue weighted by molar-refractivity contribution is 8.03. The maximum absolute atomic E-state index is 12.4. The molecule has 0 amide bonds. The second-order valence-electron chi connectivity index (χ2n) is 6.63. The van der Waals surface area contributed by atoms with Crippen LogP contribution < -0.4 is 0 Å². The number of carbonyl (C=O) groups is 1. The van der Waals surface area contributed by atoms with Crippen LogP contribution in [0.5, 0.6) is 0 Å². The normalized spacial score (nSPS) is 11.6. The summed E-state index contributed by atoms with van der Waals surface area (Å²) in [6.07, 6.45) is 0.446. The summed E-state index contributed by atoms with van der Waals surface area (Å²) in [7, 11) is 0.486. The minimum Gasteiger partial charge on any atom is -0.465 e. The number of hydrogen-bond donors (Lipinski definition) is 0. The fourth-order valence-electron chi connectivity index (χ4n) is 3.47. The van der Waals surface area contributed by atoms with Crippen molar-refractivity contribution in [3.05, 3.63) is 91.0 Å². The Kier molecular flexibility index (Phi) is 6.25. The third-order valence-corrected chi connectivity index (χ3v) is 9.52. The molecule has 3 aromatic carbocycles. The summed E-state index contributed by atoms with van der Waals surface area (Å²) in [4.78, 5) is 12.4. The molecule has 0 N–H and O–H groups in total. The number of benzene rings is 3. The molecule has 1 atom stereocenters. The van der Waals surface area contributed by atoms with Gasteiger partial charge in [-0.25, -0.2) is 0 Å². The molecule has 0 radical (unpaired) electrons. The average Bonchev–Trinajstić information content (AvgIpc) is 3.14. The molecule has 29 heavy (non-hydrogen) atoms. The third-order valence-electron chi connectivity index (χ3n) is 4.69. The van der Waals surface area contributed by atoms with Gasteiger partial charge in [0, 0.05) is 16.2 Å². The number of ether oxygens (including phenoxy) is 1. The fraction of sp³-hybridized carbons (Fsp3) is 0.120. The number of carbonyl (C=O) groups excluding carboxylic acids is 1. The van der Waals surface area contributed by atoms with E-state index in [0.717, 1.165) is 0 Å². The monoisotopic (exact) mass is 416 g/mol. The van der Waals surface area contributed by atoms with E-state index in [4.69, 9.17) is 4.74 Å². The number of esters is 1. The van der Waals surface area contributed by atoms with E-state index in [1.165, 1.54) is 40.7 Å². The van der Waals surface area contributed by atoms with Gasteiger partial charge in [-0.15, -0.1) is 0 Å². The molecular formula is C25H22O2P2. The SMILES string of the molecule is CCOC(=O)Cp1pc(-c2ccccc2)c(-c2ccccc2)c1-c1ccccc1. The highest BCUT2D eigenvalue weighted by Gasteiger charge is 2.22. The van der Waals surface area contributed by atoms with Crippen molar-refractivity contribution in [2.45, 2.75) is 13.1 Å². The number of hydrogen-bond acceptors (Lipinski definition) is 2. The lowest BCUT2D eigenvalue weighted by Crippen LogP contribution is -2.03. The van der Waals surface area contributed by atoms with Crippen LogP contribution in [0.3, 0.4) is 0 Å². The fourth-order valence-corrected chi connectivity index (χ4v) is 8.89. The molecule has 0 bridgehead atoms. The lowest BCUT2D eigenvalue weighted by molar-refractivity contribution is -0.141. The van der Waals surface area contributed by atoms with Crippen LogP contribution in [0.4, 0.5) is 0 Å². The Morgan fingerprint density at radius 3 is 1.86 bits per heavy atom. The quantitative estimate of drug-likeness (QED) is 0.300. The van der Waals surface area contributed by atoms with Crippen LogP contribution in [0.15, 0.2) is 91.0 Å². The van der Waals surface area contributed by atoms with E-state index in [2.05, 4.69) is 72.8 Å². The van der Waals surface area contributed by atoms with Gasteiger partial charge in [-0.1, -0.05) is 98.2 Å². The topological polar surface area (TPSA) is 26.3 Å². The van der Waals surface area contributed by atoms with Gasteiger partial charge in [0.25, 0.3) is 0 Å². The van der Waals surface area contributed by atoms with Crippen molar-refractivity contribution in [1.29, 1.82) is 0 Å². The molecule has 1 heterocycles. The van der Waals surface area contributed by atoms with Crippen LogP contribution in [0, 0.1) is 0 Å². The van der Waals surface area contributed by atoms with Crippen molar-refractivity contribution >= 4 is 21.0 Å². The zero-order chi connectivity index (χ0) is 20.1. The van der Waals surface area contributed by atoms with Crippen LogP contribution in [0.25, 0.3) is 32.8 Å². The van der Waals surface area contributed by atoms with E-state index >= 15 is 0 Å². The van der Waals surface area contributed by atoms with E-state index in [0.29, 0.717) is 12.8 Å². The smallest absolute Gasteiger partial charge is 0.314 e. The first kappa shape index (κ1) is 19.6. The maximum Gasteiger partial charge on any atom is 0.314 e. The van der Waals surface area contributed by atoms with Crippen LogP contribution in [0.1, 0.15) is 6.92 Å². The molecule has 4 heteroatoms. The van der Waals surface area contributed by atoms with E-state index in [1.807, 2.05) is 25.1 Å². The minimum absolute atomic E-state index is 0.110. The van der Waals surface area contributed by atoms with Crippen LogP contribution >= 0.6 is 15.1 Å². The van der Waals surface area contributed by atoms with Crippen molar-refractivity contribution in [2.75, 3.05) is 6.61 Å². The van der Waals surface area contributed by atoms with Crippen molar-refractivity contribution in [2.24, 2.45) is 0 Å². The molecule has 1 unspecified atom stereocenters. The van der Waals surface area contributed by atoms with Gasteiger partial charge in [-0.05, 0) is 31.5 Å². The molecule has 0 fully saturated rings. The van der Waals surface area contributed by atoms with Crippen LogP contribution in [0.2, 0.25) is 0 Å². The Bertz CT molecular complexity index is 1090. The van der Waals surface area contributed by atoms with E-state index in [1.54, 1.807) is 0 Å². The summed E-state index contributed by atoms with van der Waals surface area (Å²) >= 11 is 0. The Hall–Kier alpha value is -2.66. The van der Waals surface area contributed by atoms with Gasteiger partial charge in [0.2, 0.25) is 0 Å². The van der Waals surface area contributed by atoms with E-state index < -0.39 is 7.21 Å². The molecule has 0 aliphatic heterocycles.